The Morgan fingerprint density at radius 3 is 1.71 bits per heavy atom. The monoisotopic (exact) mass is 371 g/mol. The highest BCUT2D eigenvalue weighted by molar-refractivity contribution is 9.09. The van der Waals surface area contributed by atoms with Gasteiger partial charge in [0.1, 0.15) is 0 Å². The fourth-order valence-corrected chi connectivity index (χ4v) is 1.43. The van der Waals surface area contributed by atoms with Crippen LogP contribution in [0.1, 0.15) is 0 Å². The number of rotatable bonds is 7. The quantitative estimate of drug-likeness (QED) is 0.520. The second-order valence-electron chi connectivity index (χ2n) is 3.19. The molecule has 0 atom stereocenters. The molecule has 0 aliphatic carbocycles. The van der Waals surface area contributed by atoms with Gasteiger partial charge in [-0.1, -0.05) is 31.9 Å². The van der Waals surface area contributed by atoms with Crippen LogP contribution >= 0.6 is 31.9 Å². The lowest BCUT2D eigenvalue weighted by Crippen LogP contribution is -2.44. The minimum atomic E-state index is -0.481. The Bertz CT molecular complexity index is 267. The number of hydrogen-bond acceptors (Lipinski definition) is 3. The lowest BCUT2D eigenvalue weighted by atomic mass is 10.1. The van der Waals surface area contributed by atoms with Crippen LogP contribution in [-0.2, 0) is 14.4 Å². The smallest absolute Gasteiger partial charge is 0.230 e. The van der Waals surface area contributed by atoms with E-state index in [0.29, 0.717) is 0 Å². The molecule has 0 aliphatic rings. The third-order valence-electron chi connectivity index (χ3n) is 1.95. The van der Waals surface area contributed by atoms with Crippen molar-refractivity contribution in [1.82, 2.24) is 16.0 Å². The van der Waals surface area contributed by atoms with Gasteiger partial charge < -0.3 is 16.0 Å². The Morgan fingerprint density at radius 2 is 1.41 bits per heavy atom. The molecule has 0 rings (SSSR count). The first kappa shape index (κ1) is 16.4. The predicted molar refractivity (Wildman–Crippen MR) is 71.2 cm³/mol. The largest absolute Gasteiger partial charge is 0.359 e. The van der Waals surface area contributed by atoms with Crippen LogP contribution in [-0.4, -0.2) is 48.5 Å². The lowest BCUT2D eigenvalue weighted by Gasteiger charge is -2.16. The maximum atomic E-state index is 11.5. The normalized spacial score (nSPS) is 9.88. The van der Waals surface area contributed by atoms with Gasteiger partial charge in [-0.3, -0.25) is 14.4 Å². The molecule has 6 nitrogen and oxygen atoms in total. The van der Waals surface area contributed by atoms with E-state index in [4.69, 9.17) is 0 Å². The number of amides is 3. The molecular formula is C9H15Br2N3O3. The number of halogens is 2. The van der Waals surface area contributed by atoms with E-state index in [2.05, 4.69) is 47.8 Å². The summed E-state index contributed by atoms with van der Waals surface area (Å²) in [4.78, 5) is 33.6. The Morgan fingerprint density at radius 1 is 1.00 bits per heavy atom. The standard InChI is InChI=1S/C9H15Br2N3O3/c1-12-9(17)6(4-13-7(15)2-10)5-14-8(16)3-11/h6H,2-5H2,1H3,(H,12,17)(H,13,15)(H,14,16). The van der Waals surface area contributed by atoms with Gasteiger partial charge >= 0.3 is 0 Å². The van der Waals surface area contributed by atoms with Crippen molar-refractivity contribution < 1.29 is 14.4 Å². The Balaban J connectivity index is 4.19. The summed E-state index contributed by atoms with van der Waals surface area (Å²) in [6.45, 7) is 0.374. The van der Waals surface area contributed by atoms with E-state index in [1.807, 2.05) is 0 Å². The van der Waals surface area contributed by atoms with E-state index in [-0.39, 0.29) is 41.5 Å². The van der Waals surface area contributed by atoms with Crippen LogP contribution in [0.2, 0.25) is 0 Å². The maximum Gasteiger partial charge on any atom is 0.230 e. The molecule has 0 aromatic rings. The molecule has 0 heterocycles. The summed E-state index contributed by atoms with van der Waals surface area (Å²) in [7, 11) is 1.51. The molecule has 0 saturated carbocycles. The SMILES string of the molecule is CNC(=O)C(CNC(=O)CBr)CNC(=O)CBr. The van der Waals surface area contributed by atoms with Gasteiger partial charge in [-0.05, 0) is 0 Å². The van der Waals surface area contributed by atoms with Crippen LogP contribution in [0.3, 0.4) is 0 Å². The van der Waals surface area contributed by atoms with Crippen molar-refractivity contribution in [3.8, 4) is 0 Å². The van der Waals surface area contributed by atoms with E-state index in [1.165, 1.54) is 7.05 Å². The fraction of sp³-hybridized carbons (Fsp3) is 0.667. The number of alkyl halides is 2. The first-order chi connectivity index (χ1) is 8.04. The average molecular weight is 373 g/mol. The summed E-state index contributed by atoms with van der Waals surface area (Å²) in [5.41, 5.74) is 0. The molecule has 0 radical (unpaired) electrons. The minimum absolute atomic E-state index is 0.182. The molecule has 0 aromatic heterocycles. The Kier molecular flexibility index (Phi) is 9.06. The second-order valence-corrected chi connectivity index (χ2v) is 4.31. The van der Waals surface area contributed by atoms with Gasteiger partial charge in [0.25, 0.3) is 0 Å². The second kappa shape index (κ2) is 9.41. The Hall–Kier alpha value is -0.630. The van der Waals surface area contributed by atoms with Crippen LogP contribution < -0.4 is 16.0 Å². The number of nitrogens with one attached hydrogen (secondary N) is 3. The zero-order chi connectivity index (χ0) is 13.3. The molecular weight excluding hydrogens is 358 g/mol. The van der Waals surface area contributed by atoms with Crippen LogP contribution in [0.25, 0.3) is 0 Å². The van der Waals surface area contributed by atoms with Crippen molar-refractivity contribution in [1.29, 1.82) is 0 Å². The lowest BCUT2D eigenvalue weighted by molar-refractivity contribution is -0.125. The van der Waals surface area contributed by atoms with Gasteiger partial charge in [-0.25, -0.2) is 0 Å². The van der Waals surface area contributed by atoms with Crippen LogP contribution in [0.15, 0.2) is 0 Å². The van der Waals surface area contributed by atoms with Gasteiger partial charge in [0.05, 0.1) is 16.6 Å². The molecule has 0 fully saturated rings. The summed E-state index contributed by atoms with van der Waals surface area (Å²) in [5, 5.41) is 8.01. The summed E-state index contributed by atoms with van der Waals surface area (Å²) in [5.74, 6) is -1.11. The highest BCUT2D eigenvalue weighted by Gasteiger charge is 2.18. The summed E-state index contributed by atoms with van der Waals surface area (Å²) in [6.07, 6.45) is 0. The van der Waals surface area contributed by atoms with E-state index in [1.54, 1.807) is 0 Å². The highest BCUT2D eigenvalue weighted by atomic mass is 79.9. The molecule has 98 valence electrons. The van der Waals surface area contributed by atoms with Crippen molar-refractivity contribution in [3.63, 3.8) is 0 Å². The molecule has 3 amide bonds. The van der Waals surface area contributed by atoms with Gasteiger partial charge in [0.15, 0.2) is 0 Å². The fourth-order valence-electron chi connectivity index (χ4n) is 1.03. The zero-order valence-corrected chi connectivity index (χ0v) is 12.6. The average Bonchev–Trinajstić information content (AvgIpc) is 2.36. The molecule has 3 N–H and O–H groups in total. The van der Waals surface area contributed by atoms with E-state index in [9.17, 15) is 14.4 Å². The zero-order valence-electron chi connectivity index (χ0n) is 9.39. The topological polar surface area (TPSA) is 87.3 Å². The molecule has 0 spiro atoms. The Labute approximate surface area is 117 Å². The third-order valence-corrected chi connectivity index (χ3v) is 2.97. The van der Waals surface area contributed by atoms with Crippen LogP contribution in [0.4, 0.5) is 0 Å². The van der Waals surface area contributed by atoms with Crippen LogP contribution in [0, 0.1) is 5.92 Å². The first-order valence-corrected chi connectivity index (χ1v) is 7.16. The minimum Gasteiger partial charge on any atom is -0.359 e. The summed E-state index contributed by atoms with van der Waals surface area (Å²) >= 11 is 6.01. The number of carbonyl (C=O) groups is 3. The number of hydrogen-bond donors (Lipinski definition) is 3. The van der Waals surface area contributed by atoms with Gasteiger partial charge in [0, 0.05) is 20.1 Å². The molecule has 0 bridgehead atoms. The van der Waals surface area contributed by atoms with Gasteiger partial charge in [0.2, 0.25) is 17.7 Å². The third kappa shape index (κ3) is 7.32. The van der Waals surface area contributed by atoms with Gasteiger partial charge in [-0.15, -0.1) is 0 Å². The molecule has 8 heteroatoms. The van der Waals surface area contributed by atoms with Crippen molar-refractivity contribution in [2.75, 3.05) is 30.8 Å². The molecule has 0 unspecified atom stereocenters. The van der Waals surface area contributed by atoms with Crippen molar-refractivity contribution >= 4 is 49.6 Å². The molecule has 0 saturated heterocycles. The van der Waals surface area contributed by atoms with Crippen molar-refractivity contribution in [2.45, 2.75) is 0 Å². The number of carbonyl (C=O) groups excluding carboxylic acids is 3. The summed E-state index contributed by atoms with van der Waals surface area (Å²) in [6, 6.07) is 0. The van der Waals surface area contributed by atoms with Crippen molar-refractivity contribution in [3.05, 3.63) is 0 Å². The van der Waals surface area contributed by atoms with E-state index < -0.39 is 5.92 Å². The predicted octanol–water partition coefficient (Wildman–Crippen LogP) is -0.629. The maximum absolute atomic E-state index is 11.5. The van der Waals surface area contributed by atoms with Gasteiger partial charge in [-0.2, -0.15) is 0 Å². The summed E-state index contributed by atoms with van der Waals surface area (Å²) < 4.78 is 0. The highest BCUT2D eigenvalue weighted by Crippen LogP contribution is 1.94. The first-order valence-electron chi connectivity index (χ1n) is 4.92. The molecule has 0 aliphatic heterocycles. The molecule has 17 heavy (non-hydrogen) atoms. The van der Waals surface area contributed by atoms with Crippen LogP contribution in [0.5, 0.6) is 0 Å². The molecule has 0 aromatic carbocycles. The van der Waals surface area contributed by atoms with Crippen molar-refractivity contribution in [2.24, 2.45) is 5.92 Å². The van der Waals surface area contributed by atoms with E-state index in [0.717, 1.165) is 0 Å². The van der Waals surface area contributed by atoms with E-state index >= 15 is 0 Å².